The molecule has 0 saturated heterocycles. The van der Waals surface area contributed by atoms with E-state index < -0.39 is 15.3 Å². The predicted octanol–water partition coefficient (Wildman–Crippen LogP) is 1.37. The minimum atomic E-state index is -3.33. The van der Waals surface area contributed by atoms with Crippen molar-refractivity contribution in [3.8, 4) is 0 Å². The largest absolute Gasteiger partial charge is 0.399 e. The summed E-state index contributed by atoms with van der Waals surface area (Å²) in [6.45, 7) is 4.47. The van der Waals surface area contributed by atoms with Crippen molar-refractivity contribution in [1.29, 1.82) is 0 Å². The second-order valence-corrected chi connectivity index (χ2v) is 7.47. The van der Waals surface area contributed by atoms with Gasteiger partial charge in [-0.1, -0.05) is 0 Å². The molecule has 5 nitrogen and oxygen atoms in total. The molecule has 0 aliphatic carbocycles. The molecular formula is C13H23N3O2S. The van der Waals surface area contributed by atoms with Gasteiger partial charge in [0.25, 0.3) is 0 Å². The third-order valence-electron chi connectivity index (χ3n) is 2.83. The number of sulfonamides is 1. The minimum Gasteiger partial charge on any atom is -0.399 e. The molecule has 19 heavy (non-hydrogen) atoms. The van der Waals surface area contributed by atoms with E-state index in [-0.39, 0.29) is 0 Å². The van der Waals surface area contributed by atoms with Crippen molar-refractivity contribution < 1.29 is 8.42 Å². The Morgan fingerprint density at radius 3 is 2.05 bits per heavy atom. The highest BCUT2D eigenvalue weighted by Crippen LogP contribution is 2.21. The zero-order valence-electron chi connectivity index (χ0n) is 12.0. The molecular weight excluding hydrogens is 262 g/mol. The maximum absolute atomic E-state index is 12.4. The van der Waals surface area contributed by atoms with Gasteiger partial charge in [0, 0.05) is 18.8 Å². The van der Waals surface area contributed by atoms with Crippen molar-refractivity contribution in [3.05, 3.63) is 24.3 Å². The van der Waals surface area contributed by atoms with Gasteiger partial charge in [-0.3, -0.25) is 4.31 Å². The van der Waals surface area contributed by atoms with Crippen LogP contribution in [0.25, 0.3) is 0 Å². The third-order valence-corrected chi connectivity index (χ3v) is 5.03. The molecule has 0 saturated carbocycles. The van der Waals surface area contributed by atoms with E-state index in [4.69, 9.17) is 5.73 Å². The topological polar surface area (TPSA) is 66.6 Å². The maximum Gasteiger partial charge on any atom is 0.237 e. The normalized spacial score (nSPS) is 12.1. The Balaban J connectivity index is 3.09. The number of hydrogen-bond acceptors (Lipinski definition) is 4. The Morgan fingerprint density at radius 1 is 1.11 bits per heavy atom. The minimum absolute atomic E-state index is 0.428. The highest BCUT2D eigenvalue weighted by atomic mass is 32.2. The number of hydrogen-bond donors (Lipinski definition) is 1. The van der Waals surface area contributed by atoms with Gasteiger partial charge in [0.2, 0.25) is 10.0 Å². The Kier molecular flexibility index (Phi) is 5.20. The average Bonchev–Trinajstić information content (AvgIpc) is 2.30. The van der Waals surface area contributed by atoms with Crippen molar-refractivity contribution in [2.45, 2.75) is 19.1 Å². The summed E-state index contributed by atoms with van der Waals surface area (Å²) in [5, 5.41) is -0.452. The van der Waals surface area contributed by atoms with E-state index in [1.54, 1.807) is 38.1 Å². The average molecular weight is 285 g/mol. The van der Waals surface area contributed by atoms with E-state index in [9.17, 15) is 8.42 Å². The highest BCUT2D eigenvalue weighted by Gasteiger charge is 2.25. The highest BCUT2D eigenvalue weighted by molar-refractivity contribution is 7.93. The lowest BCUT2D eigenvalue weighted by molar-refractivity contribution is 0.419. The van der Waals surface area contributed by atoms with E-state index >= 15 is 0 Å². The molecule has 1 aromatic rings. The fraction of sp³-hybridized carbons (Fsp3) is 0.538. The van der Waals surface area contributed by atoms with Crippen LogP contribution in [0.1, 0.15) is 13.8 Å². The van der Waals surface area contributed by atoms with Gasteiger partial charge in [0.05, 0.1) is 10.9 Å². The molecule has 0 radical (unpaired) electrons. The SMILES string of the molecule is CC(C)S(=O)(=O)N(CCN(C)C)c1ccc(N)cc1. The van der Waals surface area contributed by atoms with Crippen LogP contribution in [-0.4, -0.2) is 45.8 Å². The molecule has 0 aliphatic rings. The molecule has 0 unspecified atom stereocenters. The van der Waals surface area contributed by atoms with E-state index in [0.717, 1.165) is 0 Å². The summed E-state index contributed by atoms with van der Waals surface area (Å²) >= 11 is 0. The van der Waals surface area contributed by atoms with Crippen LogP contribution >= 0.6 is 0 Å². The van der Waals surface area contributed by atoms with Crippen LogP contribution in [0.5, 0.6) is 0 Å². The lowest BCUT2D eigenvalue weighted by Gasteiger charge is -2.27. The first kappa shape index (κ1) is 15.8. The van der Waals surface area contributed by atoms with Crippen LogP contribution in [0.3, 0.4) is 0 Å². The summed E-state index contributed by atoms with van der Waals surface area (Å²) in [6.07, 6.45) is 0. The van der Waals surface area contributed by atoms with Crippen molar-refractivity contribution >= 4 is 21.4 Å². The molecule has 0 atom stereocenters. The lowest BCUT2D eigenvalue weighted by atomic mass is 10.3. The molecule has 6 heteroatoms. The summed E-state index contributed by atoms with van der Waals surface area (Å²) in [6, 6.07) is 6.91. The Bertz CT molecular complexity index is 495. The monoisotopic (exact) mass is 285 g/mol. The zero-order valence-corrected chi connectivity index (χ0v) is 12.8. The van der Waals surface area contributed by atoms with Crippen LogP contribution in [0.15, 0.2) is 24.3 Å². The maximum atomic E-state index is 12.4. The summed E-state index contributed by atoms with van der Waals surface area (Å²) < 4.78 is 26.3. The molecule has 0 fully saturated rings. The number of likely N-dealkylation sites (N-methyl/N-ethyl adjacent to an activating group) is 1. The summed E-state index contributed by atoms with van der Waals surface area (Å²) in [5.41, 5.74) is 6.92. The van der Waals surface area contributed by atoms with Gasteiger partial charge in [-0.2, -0.15) is 0 Å². The molecule has 108 valence electrons. The molecule has 1 rings (SSSR count). The van der Waals surface area contributed by atoms with Crippen LogP contribution in [0.2, 0.25) is 0 Å². The van der Waals surface area contributed by atoms with Gasteiger partial charge >= 0.3 is 0 Å². The molecule has 0 spiro atoms. The molecule has 0 aliphatic heterocycles. The first-order chi connectivity index (χ1) is 8.75. The van der Waals surface area contributed by atoms with Crippen molar-refractivity contribution in [3.63, 3.8) is 0 Å². The van der Waals surface area contributed by atoms with Crippen LogP contribution in [0, 0.1) is 0 Å². The third kappa shape index (κ3) is 4.11. The van der Waals surface area contributed by atoms with Gasteiger partial charge < -0.3 is 10.6 Å². The smallest absolute Gasteiger partial charge is 0.237 e. The van der Waals surface area contributed by atoms with Crippen molar-refractivity contribution in [2.24, 2.45) is 0 Å². The van der Waals surface area contributed by atoms with Crippen LogP contribution < -0.4 is 10.0 Å². The molecule has 0 aromatic heterocycles. The Hall–Kier alpha value is -1.27. The molecule has 1 aromatic carbocycles. The first-order valence-electron chi connectivity index (χ1n) is 6.27. The van der Waals surface area contributed by atoms with Gasteiger partial charge in [-0.05, 0) is 52.2 Å². The van der Waals surface area contributed by atoms with E-state index in [1.165, 1.54) is 4.31 Å². The fourth-order valence-corrected chi connectivity index (χ4v) is 2.85. The standard InChI is InChI=1S/C13H23N3O2S/c1-11(2)19(17,18)16(10-9-15(3)4)13-7-5-12(14)6-8-13/h5-8,11H,9-10,14H2,1-4H3. The number of rotatable bonds is 6. The van der Waals surface area contributed by atoms with Gasteiger partial charge in [-0.25, -0.2) is 8.42 Å². The quantitative estimate of drug-likeness (QED) is 0.802. The second-order valence-electron chi connectivity index (χ2n) is 5.06. The van der Waals surface area contributed by atoms with Gasteiger partial charge in [-0.15, -0.1) is 0 Å². The molecule has 2 N–H and O–H groups in total. The van der Waals surface area contributed by atoms with Gasteiger partial charge in [0.15, 0.2) is 0 Å². The fourth-order valence-electron chi connectivity index (χ4n) is 1.59. The zero-order chi connectivity index (χ0) is 14.6. The Labute approximate surface area is 116 Å². The molecule has 0 amide bonds. The number of nitrogens with zero attached hydrogens (tertiary/aromatic N) is 2. The van der Waals surface area contributed by atoms with E-state index in [1.807, 2.05) is 19.0 Å². The van der Waals surface area contributed by atoms with Crippen LogP contribution in [-0.2, 0) is 10.0 Å². The predicted molar refractivity (Wildman–Crippen MR) is 80.8 cm³/mol. The molecule has 0 bridgehead atoms. The van der Waals surface area contributed by atoms with Gasteiger partial charge in [0.1, 0.15) is 0 Å². The number of nitrogen functional groups attached to an aromatic ring is 1. The number of benzene rings is 1. The summed E-state index contributed by atoms with van der Waals surface area (Å²) in [5.74, 6) is 0. The number of nitrogens with two attached hydrogens (primary N) is 1. The second kappa shape index (κ2) is 6.25. The first-order valence-corrected chi connectivity index (χ1v) is 7.77. The number of anilines is 2. The van der Waals surface area contributed by atoms with E-state index in [2.05, 4.69) is 0 Å². The van der Waals surface area contributed by atoms with Crippen LogP contribution in [0.4, 0.5) is 11.4 Å². The summed E-state index contributed by atoms with van der Waals surface area (Å²) in [7, 11) is 0.505. The Morgan fingerprint density at radius 2 is 1.63 bits per heavy atom. The van der Waals surface area contributed by atoms with Crippen molar-refractivity contribution in [2.75, 3.05) is 37.2 Å². The summed E-state index contributed by atoms with van der Waals surface area (Å²) in [4.78, 5) is 1.96. The lowest BCUT2D eigenvalue weighted by Crippen LogP contribution is -2.40. The molecule has 0 heterocycles. The van der Waals surface area contributed by atoms with Crippen molar-refractivity contribution in [1.82, 2.24) is 4.90 Å². The van der Waals surface area contributed by atoms with E-state index in [0.29, 0.717) is 24.5 Å².